The minimum Gasteiger partial charge on any atom is -0.497 e. The molecule has 1 amide bonds. The van der Waals surface area contributed by atoms with Gasteiger partial charge in [0.1, 0.15) is 11.8 Å². The molecule has 0 spiro atoms. The van der Waals surface area contributed by atoms with E-state index in [1.807, 2.05) is 18.2 Å². The van der Waals surface area contributed by atoms with Crippen molar-refractivity contribution in [3.63, 3.8) is 0 Å². The Hall–Kier alpha value is -3.64. The molecule has 6 nitrogen and oxygen atoms in total. The summed E-state index contributed by atoms with van der Waals surface area (Å²) in [6.45, 7) is 0. The van der Waals surface area contributed by atoms with Gasteiger partial charge in [-0.05, 0) is 48.2 Å². The van der Waals surface area contributed by atoms with E-state index >= 15 is 0 Å². The average Bonchev–Trinajstić information content (AvgIpc) is 3.69. The van der Waals surface area contributed by atoms with E-state index in [4.69, 9.17) is 16.3 Å². The maximum absolute atomic E-state index is 14.1. The summed E-state index contributed by atoms with van der Waals surface area (Å²) in [5.74, 6) is -2.71. The number of ketones is 1. The van der Waals surface area contributed by atoms with Crippen molar-refractivity contribution in [1.82, 2.24) is 4.90 Å². The van der Waals surface area contributed by atoms with Gasteiger partial charge in [-0.25, -0.2) is 4.79 Å². The zero-order chi connectivity index (χ0) is 25.4. The van der Waals surface area contributed by atoms with Crippen molar-refractivity contribution in [2.75, 3.05) is 7.11 Å². The van der Waals surface area contributed by atoms with E-state index in [1.165, 1.54) is 4.90 Å². The molecule has 7 heteroatoms. The third kappa shape index (κ3) is 4.37. The van der Waals surface area contributed by atoms with Crippen molar-refractivity contribution in [3.05, 3.63) is 101 Å². The molecule has 1 aliphatic heterocycles. The number of aliphatic carboxylic acids is 1. The van der Waals surface area contributed by atoms with Crippen LogP contribution in [-0.4, -0.2) is 40.8 Å². The number of methoxy groups -OCH3 is 1. The van der Waals surface area contributed by atoms with Crippen molar-refractivity contribution in [2.24, 2.45) is 11.8 Å². The van der Waals surface area contributed by atoms with Gasteiger partial charge in [0, 0.05) is 22.4 Å². The maximum atomic E-state index is 14.1. The van der Waals surface area contributed by atoms with Gasteiger partial charge in [-0.1, -0.05) is 66.2 Å². The Morgan fingerprint density at radius 1 is 0.889 bits per heavy atom. The number of halogens is 1. The number of benzene rings is 3. The quantitative estimate of drug-likeness (QED) is 0.438. The fraction of sp³-hybridized carbons (Fsp3) is 0.276. The predicted octanol–water partition coefficient (Wildman–Crippen LogP) is 5.38. The van der Waals surface area contributed by atoms with Crippen LogP contribution in [0.3, 0.4) is 0 Å². The number of carbonyl (C=O) groups is 3. The second-order valence-corrected chi connectivity index (χ2v) is 9.79. The lowest BCUT2D eigenvalue weighted by atomic mass is 9.76. The zero-order valence-electron chi connectivity index (χ0n) is 19.7. The van der Waals surface area contributed by atoms with Gasteiger partial charge in [-0.3, -0.25) is 9.59 Å². The first-order valence-electron chi connectivity index (χ1n) is 11.9. The van der Waals surface area contributed by atoms with E-state index < -0.39 is 29.9 Å². The minimum absolute atomic E-state index is 0.200. The van der Waals surface area contributed by atoms with Crippen molar-refractivity contribution < 1.29 is 24.2 Å². The molecule has 36 heavy (non-hydrogen) atoms. The van der Waals surface area contributed by atoms with E-state index in [1.54, 1.807) is 67.8 Å². The second kappa shape index (κ2) is 9.78. The molecule has 3 aromatic carbocycles. The summed E-state index contributed by atoms with van der Waals surface area (Å²) >= 11 is 6.13. The van der Waals surface area contributed by atoms with Gasteiger partial charge in [-0.2, -0.15) is 0 Å². The summed E-state index contributed by atoms with van der Waals surface area (Å²) in [6, 6.07) is 20.9. The molecule has 1 saturated heterocycles. The van der Waals surface area contributed by atoms with Gasteiger partial charge in [0.15, 0.2) is 5.78 Å². The number of carboxylic acids is 1. The molecule has 1 heterocycles. The molecule has 4 unspecified atom stereocenters. The highest BCUT2D eigenvalue weighted by Crippen LogP contribution is 2.53. The minimum atomic E-state index is -1.20. The highest BCUT2D eigenvalue weighted by Gasteiger charge is 2.58. The summed E-state index contributed by atoms with van der Waals surface area (Å²) in [5, 5.41) is 11.0. The van der Waals surface area contributed by atoms with Crippen LogP contribution in [0, 0.1) is 11.8 Å². The number of carbonyl (C=O) groups excluding carboxylic acids is 2. The predicted molar refractivity (Wildman–Crippen MR) is 135 cm³/mol. The van der Waals surface area contributed by atoms with Crippen LogP contribution in [0.25, 0.3) is 0 Å². The molecule has 3 aromatic rings. The van der Waals surface area contributed by atoms with E-state index in [-0.39, 0.29) is 17.6 Å². The second-order valence-electron chi connectivity index (χ2n) is 9.35. The van der Waals surface area contributed by atoms with E-state index in [0.29, 0.717) is 27.5 Å². The largest absolute Gasteiger partial charge is 0.497 e. The van der Waals surface area contributed by atoms with Crippen LogP contribution in [0.4, 0.5) is 0 Å². The topological polar surface area (TPSA) is 83.9 Å². The average molecular weight is 504 g/mol. The van der Waals surface area contributed by atoms with Crippen LogP contribution in [0.2, 0.25) is 5.02 Å². The number of hydrogen-bond donors (Lipinski definition) is 1. The lowest BCUT2D eigenvalue weighted by Crippen LogP contribution is -2.44. The van der Waals surface area contributed by atoms with Crippen LogP contribution in [-0.2, 0) is 9.59 Å². The first-order chi connectivity index (χ1) is 17.4. The van der Waals surface area contributed by atoms with Crippen LogP contribution < -0.4 is 4.74 Å². The van der Waals surface area contributed by atoms with Crippen molar-refractivity contribution in [2.45, 2.75) is 30.8 Å². The molecule has 1 aliphatic carbocycles. The SMILES string of the molecule is COc1ccc(C2C(C(=O)c3ccccc3)C(c3ccc(Cl)cc3)C(C(=O)O)N2C(=O)C2CC2)cc1. The molecule has 0 radical (unpaired) electrons. The molecule has 184 valence electrons. The number of ether oxygens (including phenoxy) is 1. The molecule has 0 aromatic heterocycles. The van der Waals surface area contributed by atoms with Crippen LogP contribution in [0.5, 0.6) is 5.75 Å². The van der Waals surface area contributed by atoms with Crippen molar-refractivity contribution >= 4 is 29.3 Å². The Balaban J connectivity index is 1.73. The normalized spacial score (nSPS) is 23.3. The monoisotopic (exact) mass is 503 g/mol. The van der Waals surface area contributed by atoms with Crippen molar-refractivity contribution in [1.29, 1.82) is 0 Å². The Morgan fingerprint density at radius 3 is 2.06 bits per heavy atom. The summed E-state index contributed by atoms with van der Waals surface area (Å²) in [7, 11) is 1.56. The molecule has 1 saturated carbocycles. The molecular weight excluding hydrogens is 478 g/mol. The van der Waals surface area contributed by atoms with Crippen molar-refractivity contribution in [3.8, 4) is 5.75 Å². The molecule has 1 N–H and O–H groups in total. The van der Waals surface area contributed by atoms with Gasteiger partial charge >= 0.3 is 5.97 Å². The van der Waals surface area contributed by atoms with Crippen LogP contribution in [0.15, 0.2) is 78.9 Å². The number of rotatable bonds is 7. The third-order valence-electron chi connectivity index (χ3n) is 7.17. The van der Waals surface area contributed by atoms with Gasteiger partial charge < -0.3 is 14.7 Å². The summed E-state index contributed by atoms with van der Waals surface area (Å²) < 4.78 is 5.30. The zero-order valence-corrected chi connectivity index (χ0v) is 20.5. The smallest absolute Gasteiger partial charge is 0.327 e. The highest BCUT2D eigenvalue weighted by atomic mass is 35.5. The van der Waals surface area contributed by atoms with Gasteiger partial charge in [0.2, 0.25) is 5.91 Å². The number of amides is 1. The number of nitrogens with zero attached hydrogens (tertiary/aromatic N) is 1. The third-order valence-corrected chi connectivity index (χ3v) is 7.43. The van der Waals surface area contributed by atoms with E-state index in [9.17, 15) is 19.5 Å². The number of likely N-dealkylation sites (tertiary alicyclic amines) is 1. The molecule has 2 aliphatic rings. The molecule has 5 rings (SSSR count). The Morgan fingerprint density at radius 2 is 1.50 bits per heavy atom. The fourth-order valence-corrected chi connectivity index (χ4v) is 5.47. The highest BCUT2D eigenvalue weighted by molar-refractivity contribution is 6.30. The number of carboxylic acid groups (broad SMARTS) is 1. The standard InChI is InChI=1S/C29H26ClNO5/c1-36-22-15-11-18(12-16-22)25-24(27(32)19-5-3-2-4-6-19)23(17-9-13-21(30)14-10-17)26(29(34)35)31(25)28(33)20-7-8-20/h2-6,9-16,20,23-26H,7-8H2,1H3,(H,34,35). The lowest BCUT2D eigenvalue weighted by Gasteiger charge is -2.30. The maximum Gasteiger partial charge on any atom is 0.327 e. The first-order valence-corrected chi connectivity index (χ1v) is 12.3. The fourth-order valence-electron chi connectivity index (χ4n) is 5.34. The molecule has 4 atom stereocenters. The summed E-state index contributed by atoms with van der Waals surface area (Å²) in [5.41, 5.74) is 1.83. The number of hydrogen-bond acceptors (Lipinski definition) is 4. The lowest BCUT2D eigenvalue weighted by molar-refractivity contribution is -0.150. The summed E-state index contributed by atoms with van der Waals surface area (Å²) in [6.07, 6.45) is 1.44. The number of Topliss-reactive ketones (excluding diaryl/α,β-unsaturated/α-hetero) is 1. The van der Waals surface area contributed by atoms with Gasteiger partial charge in [-0.15, -0.1) is 0 Å². The summed E-state index contributed by atoms with van der Waals surface area (Å²) in [4.78, 5) is 42.1. The van der Waals surface area contributed by atoms with E-state index in [2.05, 4.69) is 0 Å². The Labute approximate surface area is 214 Å². The van der Waals surface area contributed by atoms with E-state index in [0.717, 1.165) is 12.8 Å². The Bertz CT molecular complexity index is 1270. The first kappa shape index (κ1) is 24.1. The Kier molecular flexibility index (Phi) is 6.54. The van der Waals surface area contributed by atoms with Gasteiger partial charge in [0.25, 0.3) is 0 Å². The van der Waals surface area contributed by atoms with Gasteiger partial charge in [0.05, 0.1) is 19.1 Å². The molecular formula is C29H26ClNO5. The molecule has 2 fully saturated rings. The van der Waals surface area contributed by atoms with Crippen LogP contribution in [0.1, 0.15) is 46.3 Å². The molecule has 0 bridgehead atoms. The van der Waals surface area contributed by atoms with Crippen LogP contribution >= 0.6 is 11.6 Å².